The number of thiophene rings is 1. The van der Waals surface area contributed by atoms with Crippen LogP contribution in [0.3, 0.4) is 0 Å². The van der Waals surface area contributed by atoms with Crippen LogP contribution in [0.25, 0.3) is 10.2 Å². The molecule has 0 unspecified atom stereocenters. The Morgan fingerprint density at radius 1 is 0.897 bits per heavy atom. The molecule has 0 radical (unpaired) electrons. The zero-order valence-electron chi connectivity index (χ0n) is 16.6. The highest BCUT2D eigenvalue weighted by Crippen LogP contribution is 2.24. The molecule has 0 aliphatic carbocycles. The van der Waals surface area contributed by atoms with E-state index in [4.69, 9.17) is 4.98 Å². The van der Waals surface area contributed by atoms with Crippen molar-refractivity contribution in [3.8, 4) is 0 Å². The van der Waals surface area contributed by atoms with Crippen molar-refractivity contribution in [3.63, 3.8) is 0 Å². The van der Waals surface area contributed by atoms with E-state index in [0.717, 1.165) is 67.1 Å². The topological polar surface area (TPSA) is 70.4 Å². The molecule has 0 atom stereocenters. The van der Waals surface area contributed by atoms with Crippen molar-refractivity contribution in [1.82, 2.24) is 19.5 Å². The molecule has 0 saturated carbocycles. The summed E-state index contributed by atoms with van der Waals surface area (Å²) in [4.78, 5) is 33.2. The van der Waals surface area contributed by atoms with Crippen LogP contribution in [0.5, 0.6) is 0 Å². The molecule has 3 aromatic rings. The van der Waals surface area contributed by atoms with Gasteiger partial charge in [0.15, 0.2) is 0 Å². The van der Waals surface area contributed by atoms with Crippen LogP contribution < -0.4 is 20.3 Å². The van der Waals surface area contributed by atoms with Gasteiger partial charge < -0.3 is 14.7 Å². The monoisotopic (exact) mass is 411 g/mol. The highest BCUT2D eigenvalue weighted by molar-refractivity contribution is 7.17. The number of hydrogen-bond donors (Lipinski definition) is 0. The normalized spacial score (nSPS) is 17.9. The molecule has 5 heterocycles. The van der Waals surface area contributed by atoms with Crippen molar-refractivity contribution in [3.05, 3.63) is 34.2 Å². The molecule has 8 nitrogen and oxygen atoms in total. The summed E-state index contributed by atoms with van der Waals surface area (Å²) in [6, 6.07) is 4.04. The molecule has 5 rings (SSSR count). The Labute approximate surface area is 173 Å². The number of fused-ring (bicyclic) bond motifs is 1. The molecule has 0 spiro atoms. The SMILES string of the molecule is Cn1c(N2CCN(c3cc(N4CCCCC4)ncn3)CC2)nc2ccsc2c1=O. The first-order valence-corrected chi connectivity index (χ1v) is 11.1. The lowest BCUT2D eigenvalue weighted by atomic mass is 10.1. The number of piperazine rings is 1. The first-order chi connectivity index (χ1) is 14.2. The summed E-state index contributed by atoms with van der Waals surface area (Å²) >= 11 is 1.45. The van der Waals surface area contributed by atoms with Crippen LogP contribution in [-0.2, 0) is 7.05 Å². The Morgan fingerprint density at radius 3 is 2.28 bits per heavy atom. The van der Waals surface area contributed by atoms with E-state index in [9.17, 15) is 4.79 Å². The summed E-state index contributed by atoms with van der Waals surface area (Å²) in [5.41, 5.74) is 0.821. The van der Waals surface area contributed by atoms with Gasteiger partial charge in [0.05, 0.1) is 5.52 Å². The lowest BCUT2D eigenvalue weighted by molar-refractivity contribution is 0.572. The van der Waals surface area contributed by atoms with Crippen LogP contribution in [0.1, 0.15) is 19.3 Å². The summed E-state index contributed by atoms with van der Waals surface area (Å²) in [6.07, 6.45) is 5.46. The van der Waals surface area contributed by atoms with Crippen LogP contribution in [0.15, 0.2) is 28.6 Å². The largest absolute Gasteiger partial charge is 0.356 e. The van der Waals surface area contributed by atoms with Crippen LogP contribution in [0, 0.1) is 0 Å². The van der Waals surface area contributed by atoms with Crippen molar-refractivity contribution >= 4 is 39.1 Å². The molecular weight excluding hydrogens is 386 g/mol. The minimum absolute atomic E-state index is 0.0319. The molecule has 2 saturated heterocycles. The molecule has 2 fully saturated rings. The highest BCUT2D eigenvalue weighted by Gasteiger charge is 2.23. The fourth-order valence-corrected chi connectivity index (χ4v) is 5.01. The van der Waals surface area contributed by atoms with Crippen molar-refractivity contribution < 1.29 is 0 Å². The average Bonchev–Trinajstić information content (AvgIpc) is 3.26. The first-order valence-electron chi connectivity index (χ1n) is 10.2. The van der Waals surface area contributed by atoms with Crippen LogP contribution in [0.4, 0.5) is 17.6 Å². The predicted octanol–water partition coefficient (Wildman–Crippen LogP) is 2.10. The third kappa shape index (κ3) is 3.43. The minimum atomic E-state index is 0.0319. The quantitative estimate of drug-likeness (QED) is 0.654. The summed E-state index contributed by atoms with van der Waals surface area (Å²) in [7, 11) is 1.81. The maximum Gasteiger partial charge on any atom is 0.272 e. The molecule has 2 aliphatic heterocycles. The summed E-state index contributed by atoms with van der Waals surface area (Å²) in [5, 5.41) is 1.93. The Kier molecular flexibility index (Phi) is 4.83. The van der Waals surface area contributed by atoms with E-state index in [0.29, 0.717) is 0 Å². The van der Waals surface area contributed by atoms with Gasteiger partial charge in [-0.1, -0.05) is 0 Å². The van der Waals surface area contributed by atoms with Crippen molar-refractivity contribution in [2.75, 3.05) is 54.0 Å². The molecule has 29 heavy (non-hydrogen) atoms. The lowest BCUT2D eigenvalue weighted by Gasteiger charge is -2.36. The number of aromatic nitrogens is 4. The molecule has 0 N–H and O–H groups in total. The van der Waals surface area contributed by atoms with E-state index in [1.54, 1.807) is 10.9 Å². The maximum atomic E-state index is 12.6. The zero-order valence-corrected chi connectivity index (χ0v) is 17.4. The van der Waals surface area contributed by atoms with Crippen LogP contribution in [0.2, 0.25) is 0 Å². The molecule has 152 valence electrons. The van der Waals surface area contributed by atoms with Gasteiger partial charge in [-0.2, -0.15) is 0 Å². The second kappa shape index (κ2) is 7.62. The third-order valence-corrected chi connectivity index (χ3v) is 6.76. The van der Waals surface area contributed by atoms with Gasteiger partial charge in [0.25, 0.3) is 5.56 Å². The van der Waals surface area contributed by atoms with Gasteiger partial charge in [0, 0.05) is 52.4 Å². The first kappa shape index (κ1) is 18.4. The van der Waals surface area contributed by atoms with Gasteiger partial charge in [0.1, 0.15) is 22.7 Å². The number of hydrogen-bond acceptors (Lipinski definition) is 8. The molecule has 2 aliphatic rings. The second-order valence-corrected chi connectivity index (χ2v) is 8.58. The fourth-order valence-electron chi connectivity index (χ4n) is 4.20. The minimum Gasteiger partial charge on any atom is -0.356 e. The third-order valence-electron chi connectivity index (χ3n) is 5.87. The molecule has 9 heteroatoms. The Balaban J connectivity index is 1.32. The van der Waals surface area contributed by atoms with Crippen LogP contribution in [-0.4, -0.2) is 58.8 Å². The van der Waals surface area contributed by atoms with E-state index in [-0.39, 0.29) is 5.56 Å². The Bertz CT molecular complexity index is 1060. The number of rotatable bonds is 3. The summed E-state index contributed by atoms with van der Waals surface area (Å²) in [5.74, 6) is 2.76. The summed E-state index contributed by atoms with van der Waals surface area (Å²) in [6.45, 7) is 5.45. The zero-order chi connectivity index (χ0) is 19.8. The standard InChI is InChI=1S/C20H25N7OS/c1-24-19(28)18-15(5-12-29-18)23-20(24)27-10-8-26(9-11-27)17-13-16(21-14-22-17)25-6-3-2-4-7-25/h5,12-14H,2-4,6-11H2,1H3. The number of anilines is 3. The maximum absolute atomic E-state index is 12.6. The Morgan fingerprint density at radius 2 is 1.55 bits per heavy atom. The van der Waals surface area contributed by atoms with Gasteiger partial charge in [-0.3, -0.25) is 9.36 Å². The van der Waals surface area contributed by atoms with E-state index >= 15 is 0 Å². The van der Waals surface area contributed by atoms with Crippen molar-refractivity contribution in [2.24, 2.45) is 7.05 Å². The highest BCUT2D eigenvalue weighted by atomic mass is 32.1. The van der Waals surface area contributed by atoms with E-state index in [2.05, 4.69) is 30.7 Å². The van der Waals surface area contributed by atoms with Crippen LogP contribution >= 0.6 is 11.3 Å². The Hall–Kier alpha value is -2.68. The molecule has 3 aromatic heterocycles. The fraction of sp³-hybridized carbons (Fsp3) is 0.500. The lowest BCUT2D eigenvalue weighted by Crippen LogP contribution is -2.48. The average molecular weight is 412 g/mol. The predicted molar refractivity (Wildman–Crippen MR) is 117 cm³/mol. The van der Waals surface area contributed by atoms with Gasteiger partial charge in [-0.05, 0) is 30.7 Å². The van der Waals surface area contributed by atoms with Gasteiger partial charge in [-0.15, -0.1) is 11.3 Å². The van der Waals surface area contributed by atoms with Gasteiger partial charge >= 0.3 is 0 Å². The van der Waals surface area contributed by atoms with Gasteiger partial charge in [-0.25, -0.2) is 15.0 Å². The molecule has 0 aromatic carbocycles. The smallest absolute Gasteiger partial charge is 0.272 e. The number of piperidine rings is 1. The van der Waals surface area contributed by atoms with E-state index < -0.39 is 0 Å². The van der Waals surface area contributed by atoms with E-state index in [1.165, 1.54) is 30.6 Å². The summed E-state index contributed by atoms with van der Waals surface area (Å²) < 4.78 is 2.40. The van der Waals surface area contributed by atoms with E-state index in [1.807, 2.05) is 18.5 Å². The van der Waals surface area contributed by atoms with Gasteiger partial charge in [0.2, 0.25) is 5.95 Å². The van der Waals surface area contributed by atoms with Crippen molar-refractivity contribution in [2.45, 2.75) is 19.3 Å². The molecular formula is C20H25N7OS. The molecule has 0 amide bonds. The number of nitrogens with zero attached hydrogens (tertiary/aromatic N) is 7. The van der Waals surface area contributed by atoms with Crippen molar-refractivity contribution in [1.29, 1.82) is 0 Å². The second-order valence-electron chi connectivity index (χ2n) is 7.67. The molecule has 0 bridgehead atoms.